The van der Waals surface area contributed by atoms with Gasteiger partial charge in [0.25, 0.3) is 5.91 Å². The van der Waals surface area contributed by atoms with E-state index in [1.807, 2.05) is 0 Å². The van der Waals surface area contributed by atoms with Gasteiger partial charge in [-0.3, -0.25) is 9.78 Å². The maximum Gasteiger partial charge on any atom is 0.257 e. The summed E-state index contributed by atoms with van der Waals surface area (Å²) >= 11 is 11.6. The lowest BCUT2D eigenvalue weighted by Gasteiger charge is -2.08. The topological polar surface area (TPSA) is 42.0 Å². The average Bonchev–Trinajstić information content (AvgIpc) is 2.37. The van der Waals surface area contributed by atoms with Gasteiger partial charge >= 0.3 is 0 Å². The zero-order valence-corrected chi connectivity index (χ0v) is 10.8. The van der Waals surface area contributed by atoms with Crippen LogP contribution < -0.4 is 5.32 Å². The van der Waals surface area contributed by atoms with Crippen LogP contribution >= 0.6 is 23.2 Å². The van der Waals surface area contributed by atoms with Gasteiger partial charge in [-0.25, -0.2) is 8.78 Å². The van der Waals surface area contributed by atoms with Crippen LogP contribution in [0, 0.1) is 11.6 Å². The van der Waals surface area contributed by atoms with E-state index in [1.54, 1.807) is 0 Å². The number of pyridine rings is 1. The molecule has 0 atom stereocenters. The van der Waals surface area contributed by atoms with Crippen LogP contribution in [0.15, 0.2) is 30.6 Å². The Morgan fingerprint density at radius 2 is 1.79 bits per heavy atom. The highest BCUT2D eigenvalue weighted by Crippen LogP contribution is 2.26. The first-order valence-corrected chi connectivity index (χ1v) is 5.80. The van der Waals surface area contributed by atoms with Crippen molar-refractivity contribution in [3.8, 4) is 0 Å². The van der Waals surface area contributed by atoms with Gasteiger partial charge in [-0.1, -0.05) is 29.3 Å². The minimum Gasteiger partial charge on any atom is -0.317 e. The summed E-state index contributed by atoms with van der Waals surface area (Å²) in [4.78, 5) is 15.2. The summed E-state index contributed by atoms with van der Waals surface area (Å²) in [5.74, 6) is -2.73. The molecule has 0 saturated carbocycles. The standard InChI is InChI=1S/C12H6Cl2F2N2O/c13-7-3-1-2-6(10(7)14)12(19)18-11-8(15)4-17-5-9(11)16/h1-5H,(H,17,18,19). The lowest BCUT2D eigenvalue weighted by atomic mass is 10.2. The van der Waals surface area contributed by atoms with E-state index in [0.717, 1.165) is 12.4 Å². The predicted octanol–water partition coefficient (Wildman–Crippen LogP) is 3.92. The van der Waals surface area contributed by atoms with Gasteiger partial charge in [0.1, 0.15) is 5.69 Å². The van der Waals surface area contributed by atoms with Crippen LogP contribution in [0.5, 0.6) is 0 Å². The predicted molar refractivity (Wildman–Crippen MR) is 68.6 cm³/mol. The van der Waals surface area contributed by atoms with Crippen molar-refractivity contribution in [3.05, 3.63) is 57.8 Å². The van der Waals surface area contributed by atoms with Gasteiger partial charge in [-0.2, -0.15) is 0 Å². The molecule has 0 fully saturated rings. The molecule has 98 valence electrons. The van der Waals surface area contributed by atoms with Gasteiger partial charge < -0.3 is 5.32 Å². The fourth-order valence-electron chi connectivity index (χ4n) is 1.39. The maximum absolute atomic E-state index is 13.3. The Hall–Kier alpha value is -1.72. The lowest BCUT2D eigenvalue weighted by molar-refractivity contribution is 0.102. The number of benzene rings is 1. The van der Waals surface area contributed by atoms with Gasteiger partial charge in [-0.05, 0) is 12.1 Å². The number of hydrogen-bond acceptors (Lipinski definition) is 2. The molecule has 1 amide bonds. The Morgan fingerprint density at radius 1 is 1.16 bits per heavy atom. The smallest absolute Gasteiger partial charge is 0.257 e. The van der Waals surface area contributed by atoms with Crippen LogP contribution in [0.3, 0.4) is 0 Å². The van der Waals surface area contributed by atoms with Crippen LogP contribution in [0.25, 0.3) is 0 Å². The number of carbonyl (C=O) groups excluding carboxylic acids is 1. The molecule has 2 rings (SSSR count). The number of hydrogen-bond donors (Lipinski definition) is 1. The minimum atomic E-state index is -0.980. The molecule has 2 aromatic rings. The maximum atomic E-state index is 13.3. The van der Waals surface area contributed by atoms with Crippen molar-refractivity contribution in [1.29, 1.82) is 0 Å². The molecule has 0 aliphatic rings. The molecule has 0 spiro atoms. The van der Waals surface area contributed by atoms with E-state index in [0.29, 0.717) is 0 Å². The number of amides is 1. The summed E-state index contributed by atoms with van der Waals surface area (Å²) in [5.41, 5.74) is -0.569. The number of carbonyl (C=O) groups is 1. The molecule has 0 bridgehead atoms. The van der Waals surface area contributed by atoms with Crippen molar-refractivity contribution >= 4 is 34.8 Å². The molecular weight excluding hydrogens is 297 g/mol. The number of anilines is 1. The third kappa shape index (κ3) is 2.83. The molecule has 0 saturated heterocycles. The molecular formula is C12H6Cl2F2N2O. The highest BCUT2D eigenvalue weighted by Gasteiger charge is 2.17. The first-order valence-electron chi connectivity index (χ1n) is 5.05. The van der Waals surface area contributed by atoms with E-state index >= 15 is 0 Å². The number of rotatable bonds is 2. The molecule has 1 heterocycles. The summed E-state index contributed by atoms with van der Waals surface area (Å²) < 4.78 is 26.7. The molecule has 0 aliphatic carbocycles. The van der Waals surface area contributed by atoms with Crippen LogP contribution in [0.1, 0.15) is 10.4 Å². The largest absolute Gasteiger partial charge is 0.317 e. The van der Waals surface area contributed by atoms with Crippen molar-refractivity contribution in [3.63, 3.8) is 0 Å². The first kappa shape index (κ1) is 13.7. The zero-order chi connectivity index (χ0) is 14.0. The molecule has 19 heavy (non-hydrogen) atoms. The van der Waals surface area contributed by atoms with E-state index < -0.39 is 23.2 Å². The van der Waals surface area contributed by atoms with Crippen LogP contribution in [-0.4, -0.2) is 10.9 Å². The zero-order valence-electron chi connectivity index (χ0n) is 9.25. The van der Waals surface area contributed by atoms with Crippen molar-refractivity contribution in [2.45, 2.75) is 0 Å². The Bertz CT molecular complexity index is 629. The minimum absolute atomic E-state index is 0.0107. The second kappa shape index (κ2) is 5.50. The van der Waals surface area contributed by atoms with Crippen LogP contribution in [-0.2, 0) is 0 Å². The molecule has 1 N–H and O–H groups in total. The second-order valence-electron chi connectivity index (χ2n) is 3.53. The highest BCUT2D eigenvalue weighted by molar-refractivity contribution is 6.44. The quantitative estimate of drug-likeness (QED) is 0.913. The van der Waals surface area contributed by atoms with Crippen molar-refractivity contribution in [2.75, 3.05) is 5.32 Å². The van der Waals surface area contributed by atoms with Gasteiger partial charge in [0.2, 0.25) is 0 Å². The first-order chi connectivity index (χ1) is 9.00. The van der Waals surface area contributed by atoms with E-state index in [4.69, 9.17) is 23.2 Å². The summed E-state index contributed by atoms with van der Waals surface area (Å²) in [6.07, 6.45) is 1.58. The highest BCUT2D eigenvalue weighted by atomic mass is 35.5. The molecule has 0 unspecified atom stereocenters. The second-order valence-corrected chi connectivity index (χ2v) is 4.32. The van der Waals surface area contributed by atoms with Gasteiger partial charge in [0.15, 0.2) is 11.6 Å². The van der Waals surface area contributed by atoms with E-state index in [-0.39, 0.29) is 15.6 Å². The lowest BCUT2D eigenvalue weighted by Crippen LogP contribution is -2.15. The summed E-state index contributed by atoms with van der Waals surface area (Å²) in [7, 11) is 0. The fourth-order valence-corrected chi connectivity index (χ4v) is 1.78. The van der Waals surface area contributed by atoms with Gasteiger partial charge in [-0.15, -0.1) is 0 Å². The molecule has 1 aromatic heterocycles. The van der Waals surface area contributed by atoms with Gasteiger partial charge in [0, 0.05) is 0 Å². The van der Waals surface area contributed by atoms with Gasteiger partial charge in [0.05, 0.1) is 28.0 Å². The summed E-state index contributed by atoms with van der Waals surface area (Å²) in [6, 6.07) is 4.39. The molecule has 3 nitrogen and oxygen atoms in total. The molecule has 1 aromatic carbocycles. The monoisotopic (exact) mass is 302 g/mol. The Labute approximate surface area is 117 Å². The van der Waals surface area contributed by atoms with E-state index in [2.05, 4.69) is 10.3 Å². The average molecular weight is 303 g/mol. The summed E-state index contributed by atoms with van der Waals surface area (Å²) in [6.45, 7) is 0. The van der Waals surface area contributed by atoms with E-state index in [9.17, 15) is 13.6 Å². The molecule has 0 radical (unpaired) electrons. The van der Waals surface area contributed by atoms with E-state index in [1.165, 1.54) is 18.2 Å². The third-order valence-electron chi connectivity index (χ3n) is 2.29. The molecule has 7 heteroatoms. The van der Waals surface area contributed by atoms with Crippen molar-refractivity contribution < 1.29 is 13.6 Å². The number of halogens is 4. The van der Waals surface area contributed by atoms with Crippen LogP contribution in [0.4, 0.5) is 14.5 Å². The number of nitrogens with zero attached hydrogens (tertiary/aromatic N) is 1. The normalized spacial score (nSPS) is 10.3. The Balaban J connectivity index is 2.34. The van der Waals surface area contributed by atoms with Crippen molar-refractivity contribution in [1.82, 2.24) is 4.98 Å². The molecule has 0 aliphatic heterocycles. The Morgan fingerprint density at radius 3 is 2.42 bits per heavy atom. The van der Waals surface area contributed by atoms with Crippen LogP contribution in [0.2, 0.25) is 10.0 Å². The Kier molecular flexibility index (Phi) is 3.97. The fraction of sp³-hybridized carbons (Fsp3) is 0. The SMILES string of the molecule is O=C(Nc1c(F)cncc1F)c1cccc(Cl)c1Cl. The number of aromatic nitrogens is 1. The number of nitrogens with one attached hydrogen (secondary N) is 1. The summed E-state index contributed by atoms with van der Waals surface area (Å²) in [5, 5.41) is 2.27. The third-order valence-corrected chi connectivity index (χ3v) is 3.11. The van der Waals surface area contributed by atoms with Crippen molar-refractivity contribution in [2.24, 2.45) is 0 Å².